The number of halogens is 2. The van der Waals surface area contributed by atoms with Crippen LogP contribution in [0.25, 0.3) is 0 Å². The van der Waals surface area contributed by atoms with Crippen LogP contribution in [0.5, 0.6) is 0 Å². The van der Waals surface area contributed by atoms with Gasteiger partial charge in [-0.15, -0.1) is 5.10 Å². The molecule has 1 heterocycles. The lowest BCUT2D eigenvalue weighted by Gasteiger charge is -2.07. The molecule has 25 heavy (non-hydrogen) atoms. The number of hydrogen-bond acceptors (Lipinski definition) is 5. The number of rotatable bonds is 7. The molecular weight excluding hydrogens is 352 g/mol. The van der Waals surface area contributed by atoms with Crippen molar-refractivity contribution in [3.8, 4) is 0 Å². The van der Waals surface area contributed by atoms with Crippen molar-refractivity contribution in [1.82, 2.24) is 20.5 Å². The first kappa shape index (κ1) is 18.8. The highest BCUT2D eigenvalue weighted by Crippen LogP contribution is 2.15. The number of benzene rings is 1. The van der Waals surface area contributed by atoms with Gasteiger partial charge in [0.25, 0.3) is 0 Å². The second-order valence-electron chi connectivity index (χ2n) is 5.40. The van der Waals surface area contributed by atoms with Gasteiger partial charge in [-0.2, -0.15) is 0 Å². The fraction of sp³-hybridized carbons (Fsp3) is 0.333. The van der Waals surface area contributed by atoms with Gasteiger partial charge in [-0.1, -0.05) is 25.6 Å². The van der Waals surface area contributed by atoms with Gasteiger partial charge in [0.1, 0.15) is 5.82 Å². The molecule has 0 spiro atoms. The molecule has 0 radical (unpaired) electrons. The van der Waals surface area contributed by atoms with Crippen molar-refractivity contribution in [3.05, 3.63) is 35.7 Å². The van der Waals surface area contributed by atoms with E-state index in [0.29, 0.717) is 5.16 Å². The Morgan fingerprint density at radius 3 is 2.64 bits per heavy atom. The van der Waals surface area contributed by atoms with E-state index in [1.54, 1.807) is 0 Å². The monoisotopic (exact) mass is 369 g/mol. The van der Waals surface area contributed by atoms with E-state index in [1.165, 1.54) is 6.07 Å². The normalized spacial score (nSPS) is 10.8. The van der Waals surface area contributed by atoms with Crippen LogP contribution < -0.4 is 10.6 Å². The second kappa shape index (κ2) is 8.56. The minimum Gasteiger partial charge on any atom is -0.346 e. The van der Waals surface area contributed by atoms with Crippen LogP contribution in [-0.2, 0) is 9.59 Å². The minimum atomic E-state index is -1.06. The summed E-state index contributed by atoms with van der Waals surface area (Å²) in [7, 11) is 0. The Hall–Kier alpha value is -2.49. The van der Waals surface area contributed by atoms with Gasteiger partial charge < -0.3 is 10.6 Å². The summed E-state index contributed by atoms with van der Waals surface area (Å²) in [6.45, 7) is 3.64. The number of H-pyrrole nitrogens is 1. The molecule has 0 aliphatic heterocycles. The Bertz CT molecular complexity index is 766. The summed E-state index contributed by atoms with van der Waals surface area (Å²) in [5.74, 6) is -2.01. The highest BCUT2D eigenvalue weighted by molar-refractivity contribution is 7.99. The maximum Gasteiger partial charge on any atom is 0.243 e. The van der Waals surface area contributed by atoms with E-state index in [4.69, 9.17) is 0 Å². The Balaban J connectivity index is 1.73. The second-order valence-corrected chi connectivity index (χ2v) is 6.34. The number of nitrogens with zero attached hydrogens (tertiary/aromatic N) is 2. The SMILES string of the molecule is CC(C)c1nc(SCC(=O)NCC(=O)Nc2ccc(F)c(F)c2)n[nH]1. The van der Waals surface area contributed by atoms with Gasteiger partial charge >= 0.3 is 0 Å². The molecule has 2 amide bonds. The first-order chi connectivity index (χ1) is 11.8. The third-order valence-corrected chi connectivity index (χ3v) is 3.86. The van der Waals surface area contributed by atoms with Crippen LogP contribution in [0.1, 0.15) is 25.6 Å². The molecule has 0 unspecified atom stereocenters. The number of carbonyl (C=O) groups excluding carboxylic acids is 2. The van der Waals surface area contributed by atoms with Crippen LogP contribution in [0.2, 0.25) is 0 Å². The molecule has 1 aromatic carbocycles. The molecule has 0 fully saturated rings. The highest BCUT2D eigenvalue weighted by atomic mass is 32.2. The van der Waals surface area contributed by atoms with E-state index >= 15 is 0 Å². The molecule has 0 saturated heterocycles. The lowest BCUT2D eigenvalue weighted by Crippen LogP contribution is -2.33. The Morgan fingerprint density at radius 1 is 1.24 bits per heavy atom. The largest absolute Gasteiger partial charge is 0.346 e. The van der Waals surface area contributed by atoms with Gasteiger partial charge in [0.15, 0.2) is 11.6 Å². The fourth-order valence-electron chi connectivity index (χ4n) is 1.72. The average Bonchev–Trinajstić information content (AvgIpc) is 3.04. The predicted molar refractivity (Wildman–Crippen MR) is 89.2 cm³/mol. The molecule has 0 aliphatic rings. The molecule has 0 aliphatic carbocycles. The molecule has 3 N–H and O–H groups in total. The summed E-state index contributed by atoms with van der Waals surface area (Å²) in [5, 5.41) is 12.0. The zero-order chi connectivity index (χ0) is 18.4. The van der Waals surface area contributed by atoms with E-state index in [9.17, 15) is 18.4 Å². The summed E-state index contributed by atoms with van der Waals surface area (Å²) in [6, 6.07) is 2.99. The molecule has 2 rings (SSSR count). The summed E-state index contributed by atoms with van der Waals surface area (Å²) in [6.07, 6.45) is 0. The number of aromatic nitrogens is 3. The zero-order valence-electron chi connectivity index (χ0n) is 13.6. The van der Waals surface area contributed by atoms with Gasteiger partial charge in [-0.3, -0.25) is 14.7 Å². The van der Waals surface area contributed by atoms with Gasteiger partial charge in [0.05, 0.1) is 12.3 Å². The number of anilines is 1. The number of aromatic amines is 1. The van der Waals surface area contributed by atoms with Crippen LogP contribution >= 0.6 is 11.8 Å². The van der Waals surface area contributed by atoms with Crippen molar-refractivity contribution < 1.29 is 18.4 Å². The van der Waals surface area contributed by atoms with E-state index in [2.05, 4.69) is 25.8 Å². The summed E-state index contributed by atoms with van der Waals surface area (Å²) in [4.78, 5) is 27.6. The molecule has 0 saturated carbocycles. The summed E-state index contributed by atoms with van der Waals surface area (Å²) < 4.78 is 25.8. The third kappa shape index (κ3) is 5.82. The average molecular weight is 369 g/mol. The Morgan fingerprint density at radius 2 is 2.00 bits per heavy atom. The van der Waals surface area contributed by atoms with Crippen molar-refractivity contribution in [2.24, 2.45) is 0 Å². The molecule has 0 atom stereocenters. The fourth-order valence-corrected chi connectivity index (χ4v) is 2.36. The molecule has 0 bridgehead atoms. The van der Waals surface area contributed by atoms with E-state index < -0.39 is 17.5 Å². The standard InChI is InChI=1S/C15H17F2N5O2S/c1-8(2)14-20-15(22-21-14)25-7-13(24)18-6-12(23)19-9-3-4-10(16)11(17)5-9/h3-5,8H,6-7H2,1-2H3,(H,18,24)(H,19,23)(H,20,21,22). The van der Waals surface area contributed by atoms with Crippen molar-refractivity contribution >= 4 is 29.3 Å². The van der Waals surface area contributed by atoms with Crippen molar-refractivity contribution in [1.29, 1.82) is 0 Å². The highest BCUT2D eigenvalue weighted by Gasteiger charge is 2.11. The van der Waals surface area contributed by atoms with E-state index in [1.807, 2.05) is 13.8 Å². The van der Waals surface area contributed by atoms with Gasteiger partial charge in [0.2, 0.25) is 17.0 Å². The molecule has 2 aromatic rings. The lowest BCUT2D eigenvalue weighted by molar-refractivity contribution is -0.122. The van der Waals surface area contributed by atoms with Crippen molar-refractivity contribution in [2.75, 3.05) is 17.6 Å². The van der Waals surface area contributed by atoms with Crippen LogP contribution in [0.4, 0.5) is 14.5 Å². The van der Waals surface area contributed by atoms with Gasteiger partial charge in [-0.25, -0.2) is 13.8 Å². The quantitative estimate of drug-likeness (QED) is 0.649. The van der Waals surface area contributed by atoms with Gasteiger partial charge in [-0.05, 0) is 12.1 Å². The molecule has 1 aromatic heterocycles. The summed E-state index contributed by atoms with van der Waals surface area (Å²) in [5.41, 5.74) is 0.106. The van der Waals surface area contributed by atoms with Crippen LogP contribution in [0.15, 0.2) is 23.4 Å². The minimum absolute atomic E-state index is 0.0494. The zero-order valence-corrected chi connectivity index (χ0v) is 14.4. The first-order valence-corrected chi connectivity index (χ1v) is 8.40. The van der Waals surface area contributed by atoms with Gasteiger partial charge in [0, 0.05) is 17.7 Å². The third-order valence-electron chi connectivity index (χ3n) is 3.01. The lowest BCUT2D eigenvalue weighted by atomic mass is 10.2. The summed E-state index contributed by atoms with van der Waals surface area (Å²) >= 11 is 1.14. The topological polar surface area (TPSA) is 99.8 Å². The van der Waals surface area contributed by atoms with Crippen LogP contribution in [0, 0.1) is 11.6 Å². The number of amides is 2. The maximum absolute atomic E-state index is 13.0. The Labute approximate surface area is 147 Å². The van der Waals surface area contributed by atoms with Crippen molar-refractivity contribution in [2.45, 2.75) is 24.9 Å². The maximum atomic E-state index is 13.0. The molecule has 10 heteroatoms. The van der Waals surface area contributed by atoms with Crippen molar-refractivity contribution in [3.63, 3.8) is 0 Å². The number of carbonyl (C=O) groups is 2. The molecular formula is C15H17F2N5O2S. The first-order valence-electron chi connectivity index (χ1n) is 7.42. The van der Waals surface area contributed by atoms with Crippen LogP contribution in [-0.4, -0.2) is 39.3 Å². The number of hydrogen-bond donors (Lipinski definition) is 3. The van der Waals surface area contributed by atoms with Crippen LogP contribution in [0.3, 0.4) is 0 Å². The van der Waals surface area contributed by atoms with E-state index in [0.717, 1.165) is 29.7 Å². The smallest absolute Gasteiger partial charge is 0.243 e. The molecule has 7 nitrogen and oxygen atoms in total. The Kier molecular flexibility index (Phi) is 6.45. The number of thioether (sulfide) groups is 1. The van der Waals surface area contributed by atoms with E-state index in [-0.39, 0.29) is 29.8 Å². The predicted octanol–water partition coefficient (Wildman–Crippen LogP) is 2.05. The number of nitrogens with one attached hydrogen (secondary N) is 3. The molecule has 134 valence electrons.